The molecule has 2 aromatic carbocycles. The second-order valence-electron chi connectivity index (χ2n) is 4.96. The largest absolute Gasteiger partial charge is 0.391 e. The number of rotatable bonds is 3. The highest BCUT2D eigenvalue weighted by atomic mass is 35.5. The van der Waals surface area contributed by atoms with Crippen LogP contribution >= 0.6 is 80.9 Å². The van der Waals surface area contributed by atoms with Crippen LogP contribution in [0, 0.1) is 0 Å². The van der Waals surface area contributed by atoms with Gasteiger partial charge in [-0.1, -0.05) is 69.6 Å². The number of hydrogen-bond acceptors (Lipinski definition) is 3. The van der Waals surface area contributed by atoms with Crippen LogP contribution in [0.5, 0.6) is 0 Å². The Bertz CT molecular complexity index is 925. The van der Waals surface area contributed by atoms with Gasteiger partial charge >= 0.3 is 0 Å². The van der Waals surface area contributed by atoms with Gasteiger partial charge < -0.3 is 5.11 Å². The first-order valence-electron chi connectivity index (χ1n) is 6.72. The number of aliphatic hydroxyl groups excluding tert-OH is 1. The van der Waals surface area contributed by atoms with Gasteiger partial charge in [-0.15, -0.1) is 11.3 Å². The van der Waals surface area contributed by atoms with Crippen LogP contribution in [-0.4, -0.2) is 10.1 Å². The molecule has 0 radical (unpaired) electrons. The fourth-order valence-corrected chi connectivity index (χ4v) is 4.30. The predicted octanol–water partition coefficient (Wildman–Crippen LogP) is 7.89. The van der Waals surface area contributed by atoms with Crippen molar-refractivity contribution in [3.63, 3.8) is 0 Å². The lowest BCUT2D eigenvalue weighted by molar-refractivity contribution is 0.286. The van der Waals surface area contributed by atoms with Crippen LogP contribution in [0.1, 0.15) is 4.88 Å². The first-order valence-corrected chi connectivity index (χ1v) is 9.80. The fourth-order valence-electron chi connectivity index (χ4n) is 2.18. The van der Waals surface area contributed by atoms with Gasteiger partial charge in [-0.2, -0.15) is 0 Å². The average molecular weight is 474 g/mol. The molecule has 0 amide bonds. The molecule has 3 rings (SSSR count). The summed E-state index contributed by atoms with van der Waals surface area (Å²) in [6.07, 6.45) is 0. The van der Waals surface area contributed by atoms with E-state index in [0.717, 1.165) is 0 Å². The molecule has 1 aromatic heterocycles. The lowest BCUT2D eigenvalue weighted by Gasteiger charge is -2.05. The Morgan fingerprint density at radius 2 is 1.20 bits per heavy atom. The molecule has 0 spiro atoms. The molecule has 9 heteroatoms. The number of thiazole rings is 1. The van der Waals surface area contributed by atoms with Gasteiger partial charge in [0.05, 0.1) is 47.3 Å². The minimum absolute atomic E-state index is 0.195. The highest BCUT2D eigenvalue weighted by Crippen LogP contribution is 2.41. The van der Waals surface area contributed by atoms with Crippen LogP contribution in [0.3, 0.4) is 0 Å². The summed E-state index contributed by atoms with van der Waals surface area (Å²) in [5, 5.41) is 12.1. The van der Waals surface area contributed by atoms with Crippen LogP contribution in [0.2, 0.25) is 30.1 Å². The Morgan fingerprint density at radius 3 is 1.64 bits per heavy atom. The molecule has 0 fully saturated rings. The molecule has 25 heavy (non-hydrogen) atoms. The second kappa shape index (κ2) is 7.79. The van der Waals surface area contributed by atoms with Gasteiger partial charge in [0.2, 0.25) is 0 Å². The minimum Gasteiger partial charge on any atom is -0.391 e. The lowest BCUT2D eigenvalue weighted by Crippen LogP contribution is -1.87. The molecule has 0 bridgehead atoms. The van der Waals surface area contributed by atoms with Gasteiger partial charge in [-0.25, -0.2) is 4.98 Å². The van der Waals surface area contributed by atoms with Gasteiger partial charge in [0, 0.05) is 11.1 Å². The summed E-state index contributed by atoms with van der Waals surface area (Å²) in [6.45, 7) is -0.195. The van der Waals surface area contributed by atoms with E-state index in [1.807, 2.05) is 0 Å². The molecule has 0 saturated carbocycles. The van der Waals surface area contributed by atoms with Crippen LogP contribution in [0.4, 0.5) is 0 Å². The van der Waals surface area contributed by atoms with Crippen molar-refractivity contribution in [1.82, 2.24) is 4.98 Å². The van der Waals surface area contributed by atoms with Crippen molar-refractivity contribution in [1.29, 1.82) is 0 Å². The zero-order valence-corrected chi connectivity index (χ0v) is 17.4. The topological polar surface area (TPSA) is 33.1 Å². The van der Waals surface area contributed by atoms with E-state index in [9.17, 15) is 5.11 Å². The Hall–Kier alpha value is -0.230. The van der Waals surface area contributed by atoms with Crippen molar-refractivity contribution in [2.75, 3.05) is 0 Å². The van der Waals surface area contributed by atoms with E-state index < -0.39 is 0 Å². The van der Waals surface area contributed by atoms with E-state index in [1.54, 1.807) is 24.3 Å². The summed E-state index contributed by atoms with van der Waals surface area (Å²) >= 11 is 37.6. The predicted molar refractivity (Wildman–Crippen MR) is 109 cm³/mol. The average Bonchev–Trinajstić information content (AvgIpc) is 3.01. The van der Waals surface area contributed by atoms with Crippen LogP contribution in [-0.2, 0) is 6.61 Å². The van der Waals surface area contributed by atoms with Crippen molar-refractivity contribution < 1.29 is 5.11 Å². The van der Waals surface area contributed by atoms with Gasteiger partial charge in [-0.3, -0.25) is 0 Å². The van der Waals surface area contributed by atoms with E-state index in [0.29, 0.717) is 46.8 Å². The molecule has 130 valence electrons. The molecular weight excluding hydrogens is 467 g/mol. The van der Waals surface area contributed by atoms with Crippen molar-refractivity contribution >= 4 is 80.9 Å². The Morgan fingerprint density at radius 1 is 0.760 bits per heavy atom. The fraction of sp³-hybridized carbons (Fsp3) is 0.0625. The van der Waals surface area contributed by atoms with Gasteiger partial charge in [0.15, 0.2) is 0 Å². The monoisotopic (exact) mass is 471 g/mol. The molecule has 2 nitrogen and oxygen atoms in total. The first-order chi connectivity index (χ1) is 11.8. The summed E-state index contributed by atoms with van der Waals surface area (Å²) < 4.78 is 0. The Kier molecular flexibility index (Phi) is 6.09. The van der Waals surface area contributed by atoms with Crippen LogP contribution < -0.4 is 0 Å². The maximum absolute atomic E-state index is 9.69. The number of aromatic nitrogens is 1. The number of benzene rings is 2. The Labute approximate surface area is 177 Å². The van der Waals surface area contributed by atoms with E-state index in [1.165, 1.54) is 11.3 Å². The lowest BCUT2D eigenvalue weighted by atomic mass is 10.1. The van der Waals surface area contributed by atoms with Crippen molar-refractivity contribution in [3.05, 3.63) is 59.3 Å². The third kappa shape index (κ3) is 3.90. The smallest absolute Gasteiger partial charge is 0.124 e. The normalized spacial score (nSPS) is 11.2. The van der Waals surface area contributed by atoms with Crippen LogP contribution in [0.15, 0.2) is 24.3 Å². The van der Waals surface area contributed by atoms with Crippen LogP contribution in [0.25, 0.3) is 21.8 Å². The molecule has 3 aromatic rings. The summed E-state index contributed by atoms with van der Waals surface area (Å²) in [6, 6.07) is 6.63. The van der Waals surface area contributed by atoms with Crippen molar-refractivity contribution in [3.8, 4) is 21.8 Å². The molecule has 0 aliphatic carbocycles. The van der Waals surface area contributed by atoms with Crippen molar-refractivity contribution in [2.45, 2.75) is 6.61 Å². The number of aliphatic hydroxyl groups is 1. The van der Waals surface area contributed by atoms with E-state index in [2.05, 4.69) is 4.98 Å². The maximum Gasteiger partial charge on any atom is 0.124 e. The summed E-state index contributed by atoms with van der Waals surface area (Å²) in [7, 11) is 0. The molecule has 0 atom stereocenters. The molecule has 0 unspecified atom stereocenters. The second-order valence-corrected chi connectivity index (χ2v) is 8.43. The van der Waals surface area contributed by atoms with Gasteiger partial charge in [-0.05, 0) is 24.3 Å². The summed E-state index contributed by atoms with van der Waals surface area (Å²) in [5.41, 5.74) is 1.90. The number of halogens is 6. The zero-order valence-electron chi connectivity index (χ0n) is 12.1. The third-order valence-electron chi connectivity index (χ3n) is 3.33. The standard InChI is InChI=1S/C16H7Cl6NOS/c17-8-1-6(2-9(18)13(8)21)15-12(5-24)25-16(23-15)7-3-10(19)14(22)11(20)4-7/h1-4,24H,5H2. The molecule has 0 aliphatic heterocycles. The SMILES string of the molecule is OCc1sc(-c2cc(Cl)c(Cl)c(Cl)c2)nc1-c1cc(Cl)c(Cl)c(Cl)c1. The summed E-state index contributed by atoms with van der Waals surface area (Å²) in [4.78, 5) is 5.23. The highest BCUT2D eigenvalue weighted by molar-refractivity contribution is 7.15. The van der Waals surface area contributed by atoms with E-state index >= 15 is 0 Å². The third-order valence-corrected chi connectivity index (χ3v) is 6.81. The molecular formula is C16H7Cl6NOS. The number of hydrogen-bond donors (Lipinski definition) is 1. The number of nitrogens with zero attached hydrogens (tertiary/aromatic N) is 1. The minimum atomic E-state index is -0.195. The highest BCUT2D eigenvalue weighted by Gasteiger charge is 2.18. The molecule has 1 N–H and O–H groups in total. The summed E-state index contributed by atoms with van der Waals surface area (Å²) in [5.74, 6) is 0. The van der Waals surface area contributed by atoms with Crippen molar-refractivity contribution in [2.24, 2.45) is 0 Å². The van der Waals surface area contributed by atoms with E-state index in [-0.39, 0.29) is 16.7 Å². The van der Waals surface area contributed by atoms with E-state index in [4.69, 9.17) is 69.6 Å². The quantitative estimate of drug-likeness (QED) is 0.392. The zero-order chi connectivity index (χ0) is 18.3. The van der Waals surface area contributed by atoms with Gasteiger partial charge in [0.25, 0.3) is 0 Å². The first kappa shape index (κ1) is 19.5. The van der Waals surface area contributed by atoms with Gasteiger partial charge in [0.1, 0.15) is 5.01 Å². The molecule has 0 saturated heterocycles. The molecule has 0 aliphatic rings. The molecule has 1 heterocycles. The maximum atomic E-state index is 9.69. The Balaban J connectivity index is 2.15.